The lowest BCUT2D eigenvalue weighted by Gasteiger charge is -2.08. The van der Waals surface area contributed by atoms with Crippen LogP contribution in [0.25, 0.3) is 6.08 Å². The van der Waals surface area contributed by atoms with Crippen molar-refractivity contribution in [1.29, 1.82) is 0 Å². The SMILES string of the molecule is C=Cc1ccc(OCc2ccccc2)c(Br)c1. The van der Waals surface area contributed by atoms with Gasteiger partial charge in [-0.3, -0.25) is 0 Å². The largest absolute Gasteiger partial charge is 0.488 e. The molecule has 2 rings (SSSR count). The van der Waals surface area contributed by atoms with Gasteiger partial charge in [0.25, 0.3) is 0 Å². The third-order valence-electron chi connectivity index (χ3n) is 2.43. The monoisotopic (exact) mass is 288 g/mol. The van der Waals surface area contributed by atoms with Gasteiger partial charge in [0, 0.05) is 0 Å². The van der Waals surface area contributed by atoms with Gasteiger partial charge in [-0.1, -0.05) is 49.1 Å². The molecule has 1 nitrogen and oxygen atoms in total. The van der Waals surface area contributed by atoms with Crippen molar-refractivity contribution in [2.75, 3.05) is 0 Å². The van der Waals surface area contributed by atoms with E-state index in [1.807, 2.05) is 54.6 Å². The molecule has 2 aromatic carbocycles. The van der Waals surface area contributed by atoms with Gasteiger partial charge < -0.3 is 4.74 Å². The van der Waals surface area contributed by atoms with Crippen LogP contribution in [0.1, 0.15) is 11.1 Å². The molecular formula is C15H13BrO. The summed E-state index contributed by atoms with van der Waals surface area (Å²) in [6, 6.07) is 16.0. The molecule has 0 aliphatic carbocycles. The molecule has 17 heavy (non-hydrogen) atoms. The summed E-state index contributed by atoms with van der Waals surface area (Å²) in [5.41, 5.74) is 2.23. The molecule has 0 saturated heterocycles. The molecule has 0 aliphatic rings. The number of ether oxygens (including phenoxy) is 1. The Hall–Kier alpha value is -1.54. The first-order valence-corrected chi connectivity index (χ1v) is 6.17. The Morgan fingerprint density at radius 3 is 2.53 bits per heavy atom. The number of benzene rings is 2. The minimum Gasteiger partial charge on any atom is -0.488 e. The van der Waals surface area contributed by atoms with Crippen molar-refractivity contribution in [2.24, 2.45) is 0 Å². The van der Waals surface area contributed by atoms with E-state index in [1.54, 1.807) is 0 Å². The Morgan fingerprint density at radius 1 is 1.12 bits per heavy atom. The lowest BCUT2D eigenvalue weighted by Crippen LogP contribution is -1.95. The standard InChI is InChI=1S/C15H13BrO/c1-2-12-8-9-15(14(16)10-12)17-11-13-6-4-3-5-7-13/h2-10H,1,11H2. The highest BCUT2D eigenvalue weighted by atomic mass is 79.9. The molecule has 0 aliphatic heterocycles. The first-order chi connectivity index (χ1) is 8.29. The van der Waals surface area contributed by atoms with Crippen LogP contribution in [-0.2, 0) is 6.61 Å². The second kappa shape index (κ2) is 5.69. The van der Waals surface area contributed by atoms with Crippen LogP contribution < -0.4 is 4.74 Å². The van der Waals surface area contributed by atoms with Gasteiger partial charge in [0.15, 0.2) is 0 Å². The van der Waals surface area contributed by atoms with Crippen LogP contribution in [0.15, 0.2) is 59.6 Å². The Balaban J connectivity index is 2.07. The molecule has 2 aromatic rings. The Labute approximate surface area is 110 Å². The smallest absolute Gasteiger partial charge is 0.134 e. The second-order valence-corrected chi connectivity index (χ2v) is 4.52. The van der Waals surface area contributed by atoms with E-state index >= 15 is 0 Å². The van der Waals surface area contributed by atoms with Crippen molar-refractivity contribution in [3.8, 4) is 5.75 Å². The zero-order chi connectivity index (χ0) is 12.1. The van der Waals surface area contributed by atoms with E-state index < -0.39 is 0 Å². The molecule has 0 heterocycles. The highest BCUT2D eigenvalue weighted by molar-refractivity contribution is 9.10. The second-order valence-electron chi connectivity index (χ2n) is 3.67. The van der Waals surface area contributed by atoms with Crippen LogP contribution >= 0.6 is 15.9 Å². The summed E-state index contributed by atoms with van der Waals surface area (Å²) in [7, 11) is 0. The molecule has 0 saturated carbocycles. The number of rotatable bonds is 4. The maximum absolute atomic E-state index is 5.74. The highest BCUT2D eigenvalue weighted by Crippen LogP contribution is 2.27. The highest BCUT2D eigenvalue weighted by Gasteiger charge is 2.01. The van der Waals surface area contributed by atoms with Crippen LogP contribution in [-0.4, -0.2) is 0 Å². The summed E-state index contributed by atoms with van der Waals surface area (Å²) in [6.07, 6.45) is 1.81. The van der Waals surface area contributed by atoms with Crippen molar-refractivity contribution in [2.45, 2.75) is 6.61 Å². The van der Waals surface area contributed by atoms with Crippen molar-refractivity contribution in [3.05, 3.63) is 70.7 Å². The van der Waals surface area contributed by atoms with E-state index in [1.165, 1.54) is 0 Å². The zero-order valence-corrected chi connectivity index (χ0v) is 11.0. The van der Waals surface area contributed by atoms with Crippen LogP contribution in [0.4, 0.5) is 0 Å². The van der Waals surface area contributed by atoms with Gasteiger partial charge in [0.1, 0.15) is 12.4 Å². The van der Waals surface area contributed by atoms with Gasteiger partial charge in [-0.2, -0.15) is 0 Å². The summed E-state index contributed by atoms with van der Waals surface area (Å²) < 4.78 is 6.69. The lowest BCUT2D eigenvalue weighted by molar-refractivity contribution is 0.304. The maximum Gasteiger partial charge on any atom is 0.134 e. The molecule has 0 spiro atoms. The molecule has 86 valence electrons. The van der Waals surface area contributed by atoms with Gasteiger partial charge in [0.05, 0.1) is 4.47 Å². The molecule has 0 N–H and O–H groups in total. The van der Waals surface area contributed by atoms with Crippen molar-refractivity contribution >= 4 is 22.0 Å². The van der Waals surface area contributed by atoms with Crippen molar-refractivity contribution in [1.82, 2.24) is 0 Å². The molecule has 0 aromatic heterocycles. The summed E-state index contributed by atoms with van der Waals surface area (Å²) >= 11 is 3.49. The summed E-state index contributed by atoms with van der Waals surface area (Å²) in [5, 5.41) is 0. The van der Waals surface area contributed by atoms with Crippen molar-refractivity contribution in [3.63, 3.8) is 0 Å². The number of halogens is 1. The molecular weight excluding hydrogens is 276 g/mol. The zero-order valence-electron chi connectivity index (χ0n) is 9.40. The van der Waals surface area contributed by atoms with E-state index in [9.17, 15) is 0 Å². The summed E-state index contributed by atoms with van der Waals surface area (Å²) in [5.74, 6) is 0.847. The van der Waals surface area contributed by atoms with Gasteiger partial charge >= 0.3 is 0 Å². The third-order valence-corrected chi connectivity index (χ3v) is 3.05. The van der Waals surface area contributed by atoms with Crippen LogP contribution in [0.5, 0.6) is 5.75 Å². The Bertz CT molecular complexity index is 506. The molecule has 0 atom stereocenters. The Morgan fingerprint density at radius 2 is 1.88 bits per heavy atom. The fraction of sp³-hybridized carbons (Fsp3) is 0.0667. The molecule has 2 heteroatoms. The van der Waals surface area contributed by atoms with Crippen LogP contribution in [0.2, 0.25) is 0 Å². The van der Waals surface area contributed by atoms with Crippen molar-refractivity contribution < 1.29 is 4.74 Å². The normalized spacial score (nSPS) is 9.94. The summed E-state index contributed by atoms with van der Waals surface area (Å²) in [4.78, 5) is 0. The first-order valence-electron chi connectivity index (χ1n) is 5.38. The van der Waals surface area contributed by atoms with Gasteiger partial charge in [0.2, 0.25) is 0 Å². The molecule has 0 fully saturated rings. The van der Waals surface area contributed by atoms with E-state index in [0.29, 0.717) is 6.61 Å². The van der Waals surface area contributed by atoms with Gasteiger partial charge in [-0.25, -0.2) is 0 Å². The number of hydrogen-bond acceptors (Lipinski definition) is 1. The predicted octanol–water partition coefficient (Wildman–Crippen LogP) is 4.67. The van der Waals surface area contributed by atoms with E-state index in [0.717, 1.165) is 21.3 Å². The minimum atomic E-state index is 0.576. The molecule has 0 unspecified atom stereocenters. The minimum absolute atomic E-state index is 0.576. The fourth-order valence-corrected chi connectivity index (χ4v) is 2.01. The summed E-state index contributed by atoms with van der Waals surface area (Å²) in [6.45, 7) is 4.31. The number of hydrogen-bond donors (Lipinski definition) is 0. The molecule has 0 amide bonds. The molecule has 0 radical (unpaired) electrons. The van der Waals surface area contributed by atoms with Crippen LogP contribution in [0.3, 0.4) is 0 Å². The average Bonchev–Trinajstić information content (AvgIpc) is 2.38. The quantitative estimate of drug-likeness (QED) is 0.794. The van der Waals surface area contributed by atoms with Gasteiger partial charge in [-0.15, -0.1) is 0 Å². The van der Waals surface area contributed by atoms with E-state index in [2.05, 4.69) is 22.5 Å². The maximum atomic E-state index is 5.74. The van der Waals surface area contributed by atoms with Gasteiger partial charge in [-0.05, 0) is 39.2 Å². The predicted molar refractivity (Wildman–Crippen MR) is 75.0 cm³/mol. The Kier molecular flexibility index (Phi) is 3.99. The lowest BCUT2D eigenvalue weighted by atomic mass is 10.2. The van der Waals surface area contributed by atoms with E-state index in [4.69, 9.17) is 4.74 Å². The topological polar surface area (TPSA) is 9.23 Å². The molecule has 0 bridgehead atoms. The third kappa shape index (κ3) is 3.21. The fourth-order valence-electron chi connectivity index (χ4n) is 1.50. The van der Waals surface area contributed by atoms with Crippen LogP contribution in [0, 0.1) is 0 Å². The van der Waals surface area contributed by atoms with E-state index in [-0.39, 0.29) is 0 Å². The first kappa shape index (κ1) is 11.9. The average molecular weight is 289 g/mol.